The van der Waals surface area contributed by atoms with Crippen molar-refractivity contribution in [1.82, 2.24) is 0 Å². The number of rotatable bonds is 4. The van der Waals surface area contributed by atoms with Gasteiger partial charge in [0.2, 0.25) is 10.0 Å². The fourth-order valence-electron chi connectivity index (χ4n) is 1.91. The SMILES string of the molecule is Cc1cccc(CS(=O)(=O)N(C)c2ccccc2)c1. The number of benzene rings is 2. The maximum atomic E-state index is 12.3. The lowest BCUT2D eigenvalue weighted by molar-refractivity contribution is 0.593. The molecule has 2 rings (SSSR count). The van der Waals surface area contributed by atoms with Crippen LogP contribution in [0.2, 0.25) is 0 Å². The van der Waals surface area contributed by atoms with Gasteiger partial charge in [0, 0.05) is 7.05 Å². The van der Waals surface area contributed by atoms with E-state index in [1.165, 1.54) is 4.31 Å². The van der Waals surface area contributed by atoms with Gasteiger partial charge in [0.25, 0.3) is 0 Å². The Morgan fingerprint density at radius 3 is 2.32 bits per heavy atom. The van der Waals surface area contributed by atoms with Crippen LogP contribution in [-0.4, -0.2) is 15.5 Å². The van der Waals surface area contributed by atoms with Crippen molar-refractivity contribution in [2.24, 2.45) is 0 Å². The first-order valence-electron chi connectivity index (χ1n) is 6.06. The quantitative estimate of drug-likeness (QED) is 0.860. The Kier molecular flexibility index (Phi) is 3.90. The molecule has 0 N–H and O–H groups in total. The molecule has 100 valence electrons. The number of para-hydroxylation sites is 1. The zero-order valence-electron chi connectivity index (χ0n) is 11.1. The van der Waals surface area contributed by atoms with E-state index in [2.05, 4.69) is 0 Å². The van der Waals surface area contributed by atoms with Crippen LogP contribution in [0.5, 0.6) is 0 Å². The molecule has 4 heteroatoms. The first kappa shape index (κ1) is 13.6. The lowest BCUT2D eigenvalue weighted by Crippen LogP contribution is -2.27. The summed E-state index contributed by atoms with van der Waals surface area (Å²) >= 11 is 0. The van der Waals surface area contributed by atoms with Crippen LogP contribution in [0.4, 0.5) is 5.69 Å². The molecular weight excluding hydrogens is 258 g/mol. The fourth-order valence-corrected chi connectivity index (χ4v) is 3.15. The average molecular weight is 275 g/mol. The maximum Gasteiger partial charge on any atom is 0.239 e. The van der Waals surface area contributed by atoms with Gasteiger partial charge in [-0.15, -0.1) is 0 Å². The molecule has 0 saturated heterocycles. The van der Waals surface area contributed by atoms with Crippen LogP contribution in [0.1, 0.15) is 11.1 Å². The van der Waals surface area contributed by atoms with Gasteiger partial charge in [-0.05, 0) is 24.6 Å². The highest BCUT2D eigenvalue weighted by Crippen LogP contribution is 2.18. The Morgan fingerprint density at radius 1 is 1.00 bits per heavy atom. The first-order valence-corrected chi connectivity index (χ1v) is 7.67. The van der Waals surface area contributed by atoms with E-state index < -0.39 is 10.0 Å². The summed E-state index contributed by atoms with van der Waals surface area (Å²) in [7, 11) is -1.77. The summed E-state index contributed by atoms with van der Waals surface area (Å²) in [6, 6.07) is 16.7. The second-order valence-electron chi connectivity index (χ2n) is 4.55. The molecule has 0 fully saturated rings. The third-order valence-corrected chi connectivity index (χ3v) is 4.71. The highest BCUT2D eigenvalue weighted by molar-refractivity contribution is 7.92. The van der Waals surface area contributed by atoms with Crippen molar-refractivity contribution in [3.63, 3.8) is 0 Å². The third-order valence-electron chi connectivity index (χ3n) is 2.97. The Hall–Kier alpha value is -1.81. The summed E-state index contributed by atoms with van der Waals surface area (Å²) in [6.07, 6.45) is 0. The lowest BCUT2D eigenvalue weighted by Gasteiger charge is -2.19. The topological polar surface area (TPSA) is 37.4 Å². The molecule has 0 spiro atoms. The third kappa shape index (κ3) is 3.35. The normalized spacial score (nSPS) is 11.3. The summed E-state index contributed by atoms with van der Waals surface area (Å²) in [6.45, 7) is 1.96. The Morgan fingerprint density at radius 2 is 1.68 bits per heavy atom. The smallest absolute Gasteiger partial charge is 0.239 e. The molecular formula is C15H17NO2S. The van der Waals surface area contributed by atoms with Gasteiger partial charge in [0.15, 0.2) is 0 Å². The first-order chi connectivity index (χ1) is 8.99. The molecule has 2 aromatic carbocycles. The van der Waals surface area contributed by atoms with Crippen LogP contribution in [0.3, 0.4) is 0 Å². The molecule has 2 aromatic rings. The zero-order chi connectivity index (χ0) is 13.9. The van der Waals surface area contributed by atoms with E-state index in [9.17, 15) is 8.42 Å². The number of sulfonamides is 1. The molecule has 3 nitrogen and oxygen atoms in total. The molecule has 0 saturated carbocycles. The van der Waals surface area contributed by atoms with Gasteiger partial charge in [0.1, 0.15) is 0 Å². The van der Waals surface area contributed by atoms with Crippen molar-refractivity contribution in [1.29, 1.82) is 0 Å². The summed E-state index contributed by atoms with van der Waals surface area (Å²) in [5.74, 6) is 0.0140. The largest absolute Gasteiger partial charge is 0.273 e. The summed E-state index contributed by atoms with van der Waals surface area (Å²) < 4.78 is 26.0. The second kappa shape index (κ2) is 5.45. The van der Waals surface area contributed by atoms with Gasteiger partial charge in [-0.2, -0.15) is 0 Å². The summed E-state index contributed by atoms with van der Waals surface area (Å²) in [4.78, 5) is 0. The van der Waals surface area contributed by atoms with Crippen molar-refractivity contribution >= 4 is 15.7 Å². The highest BCUT2D eigenvalue weighted by atomic mass is 32.2. The molecule has 0 bridgehead atoms. The van der Waals surface area contributed by atoms with E-state index >= 15 is 0 Å². The van der Waals surface area contributed by atoms with E-state index in [-0.39, 0.29) is 5.75 Å². The molecule has 0 aliphatic rings. The van der Waals surface area contributed by atoms with Gasteiger partial charge < -0.3 is 0 Å². The van der Waals surface area contributed by atoms with Gasteiger partial charge in [-0.25, -0.2) is 8.42 Å². The highest BCUT2D eigenvalue weighted by Gasteiger charge is 2.18. The van der Waals surface area contributed by atoms with E-state index in [0.29, 0.717) is 5.69 Å². The molecule has 0 aliphatic carbocycles. The zero-order valence-corrected chi connectivity index (χ0v) is 11.9. The van der Waals surface area contributed by atoms with Gasteiger partial charge in [-0.3, -0.25) is 4.31 Å². The van der Waals surface area contributed by atoms with Crippen molar-refractivity contribution < 1.29 is 8.42 Å². The summed E-state index contributed by atoms with van der Waals surface area (Å²) in [5, 5.41) is 0. The van der Waals surface area contributed by atoms with Crippen LogP contribution in [0.25, 0.3) is 0 Å². The van der Waals surface area contributed by atoms with Crippen molar-refractivity contribution in [2.45, 2.75) is 12.7 Å². The van der Waals surface area contributed by atoms with E-state index in [0.717, 1.165) is 11.1 Å². The molecule has 19 heavy (non-hydrogen) atoms. The Bertz CT molecular complexity index is 651. The number of aryl methyl sites for hydroxylation is 1. The average Bonchev–Trinajstić information content (AvgIpc) is 2.38. The lowest BCUT2D eigenvalue weighted by atomic mass is 10.2. The molecule has 0 aliphatic heterocycles. The Balaban J connectivity index is 2.24. The van der Waals surface area contributed by atoms with E-state index in [1.54, 1.807) is 19.2 Å². The number of nitrogens with zero attached hydrogens (tertiary/aromatic N) is 1. The van der Waals surface area contributed by atoms with Crippen LogP contribution in [-0.2, 0) is 15.8 Å². The van der Waals surface area contributed by atoms with Crippen molar-refractivity contribution in [3.05, 3.63) is 65.7 Å². The maximum absolute atomic E-state index is 12.3. The monoisotopic (exact) mass is 275 g/mol. The minimum Gasteiger partial charge on any atom is -0.273 e. The standard InChI is InChI=1S/C15H17NO2S/c1-13-7-6-8-14(11-13)12-19(17,18)16(2)15-9-4-3-5-10-15/h3-11H,12H2,1-2H3. The molecule has 0 heterocycles. The molecule has 0 atom stereocenters. The Labute approximate surface area is 114 Å². The van der Waals surface area contributed by atoms with Gasteiger partial charge in [-0.1, -0.05) is 48.0 Å². The van der Waals surface area contributed by atoms with Crippen molar-refractivity contribution in [3.8, 4) is 0 Å². The van der Waals surface area contributed by atoms with Crippen LogP contribution in [0.15, 0.2) is 54.6 Å². The van der Waals surface area contributed by atoms with E-state index in [4.69, 9.17) is 0 Å². The minimum atomic E-state index is -3.35. The minimum absolute atomic E-state index is 0.0140. The number of anilines is 1. The van der Waals surface area contributed by atoms with Gasteiger partial charge in [0.05, 0.1) is 11.4 Å². The van der Waals surface area contributed by atoms with E-state index in [1.807, 2.05) is 49.4 Å². The predicted octanol–water partition coefficient (Wildman–Crippen LogP) is 2.96. The molecule has 0 aromatic heterocycles. The fraction of sp³-hybridized carbons (Fsp3) is 0.200. The molecule has 0 unspecified atom stereocenters. The molecule has 0 radical (unpaired) electrons. The van der Waals surface area contributed by atoms with Crippen LogP contribution >= 0.6 is 0 Å². The van der Waals surface area contributed by atoms with Crippen LogP contribution in [0, 0.1) is 6.92 Å². The number of hydrogen-bond acceptors (Lipinski definition) is 2. The number of hydrogen-bond donors (Lipinski definition) is 0. The second-order valence-corrected chi connectivity index (χ2v) is 6.55. The molecule has 0 amide bonds. The van der Waals surface area contributed by atoms with Crippen molar-refractivity contribution in [2.75, 3.05) is 11.4 Å². The summed E-state index contributed by atoms with van der Waals surface area (Å²) in [5.41, 5.74) is 2.55. The van der Waals surface area contributed by atoms with Gasteiger partial charge >= 0.3 is 0 Å². The van der Waals surface area contributed by atoms with Crippen LogP contribution < -0.4 is 4.31 Å². The predicted molar refractivity (Wildman–Crippen MR) is 78.6 cm³/mol.